The Morgan fingerprint density at radius 1 is 1.37 bits per heavy atom. The van der Waals surface area contributed by atoms with Gasteiger partial charge in [-0.2, -0.15) is 0 Å². The maximum absolute atomic E-state index is 13.7. The molecule has 2 atom stereocenters. The van der Waals surface area contributed by atoms with Gasteiger partial charge in [-0.05, 0) is 32.4 Å². The van der Waals surface area contributed by atoms with E-state index in [1.807, 2.05) is 20.8 Å². The van der Waals surface area contributed by atoms with Crippen LogP contribution in [-0.2, 0) is 9.47 Å². The molecule has 146 valence electrons. The van der Waals surface area contributed by atoms with E-state index in [0.29, 0.717) is 38.3 Å². The summed E-state index contributed by atoms with van der Waals surface area (Å²) < 4.78 is 25.1. The van der Waals surface area contributed by atoms with Crippen LogP contribution in [0, 0.1) is 12.4 Å². The number of morpholine rings is 1. The van der Waals surface area contributed by atoms with E-state index in [4.69, 9.17) is 27.6 Å². The van der Waals surface area contributed by atoms with Gasteiger partial charge in [0.25, 0.3) is 0 Å². The van der Waals surface area contributed by atoms with Gasteiger partial charge < -0.3 is 14.4 Å². The second-order valence-electron chi connectivity index (χ2n) is 7.81. The van der Waals surface area contributed by atoms with Gasteiger partial charge in [0.2, 0.25) is 5.69 Å². The van der Waals surface area contributed by atoms with Crippen LogP contribution in [0.3, 0.4) is 0 Å². The Labute approximate surface area is 163 Å². The highest BCUT2D eigenvalue weighted by Crippen LogP contribution is 2.38. The lowest BCUT2D eigenvalue weighted by atomic mass is 10.0. The van der Waals surface area contributed by atoms with Crippen molar-refractivity contribution in [1.82, 2.24) is 9.80 Å². The first-order chi connectivity index (χ1) is 12.7. The quantitative estimate of drug-likeness (QED) is 0.674. The standard InChI is InChI=1S/C19H23ClFN3O3/c1-19(2,3)27-18(25)24-8-7-23-10-15(26-11-12(23)9-24)13-5-6-14(21)17(22-4)16(13)20/h5-6,12,15H,7-11H2,1-3H3/t12?,15-/m1/s1. The fourth-order valence-electron chi connectivity index (χ4n) is 3.37. The van der Waals surface area contributed by atoms with Crippen LogP contribution in [-0.4, -0.2) is 60.3 Å². The maximum atomic E-state index is 13.7. The number of rotatable bonds is 1. The Hall–Kier alpha value is -1.88. The molecule has 2 aliphatic rings. The lowest BCUT2D eigenvalue weighted by Crippen LogP contribution is -2.60. The normalized spacial score (nSPS) is 23.5. The van der Waals surface area contributed by atoms with Crippen LogP contribution in [0.15, 0.2) is 12.1 Å². The molecule has 0 spiro atoms. The van der Waals surface area contributed by atoms with E-state index in [9.17, 15) is 9.18 Å². The van der Waals surface area contributed by atoms with Gasteiger partial charge in [0, 0.05) is 26.2 Å². The molecular formula is C19H23ClFN3O3. The SMILES string of the molecule is [C-]#[N+]c1c(F)ccc([C@H]2CN3CCN(C(=O)OC(C)(C)C)CC3CO2)c1Cl. The van der Waals surface area contributed by atoms with Crippen LogP contribution in [0.1, 0.15) is 32.4 Å². The first-order valence-electron chi connectivity index (χ1n) is 8.88. The van der Waals surface area contributed by atoms with Crippen molar-refractivity contribution in [1.29, 1.82) is 0 Å². The third-order valence-electron chi connectivity index (χ3n) is 4.70. The first kappa shape index (κ1) is 19.9. The van der Waals surface area contributed by atoms with E-state index in [2.05, 4.69) is 9.74 Å². The molecule has 3 rings (SSSR count). The Morgan fingerprint density at radius 2 is 2.11 bits per heavy atom. The predicted molar refractivity (Wildman–Crippen MR) is 99.5 cm³/mol. The predicted octanol–water partition coefficient (Wildman–Crippen LogP) is 4.02. The molecule has 0 saturated carbocycles. The topological polar surface area (TPSA) is 46.4 Å². The van der Waals surface area contributed by atoms with Crippen LogP contribution >= 0.6 is 11.6 Å². The van der Waals surface area contributed by atoms with Crippen molar-refractivity contribution < 1.29 is 18.7 Å². The van der Waals surface area contributed by atoms with Crippen molar-refractivity contribution in [2.24, 2.45) is 0 Å². The largest absolute Gasteiger partial charge is 0.444 e. The summed E-state index contributed by atoms with van der Waals surface area (Å²) in [5.74, 6) is -0.626. The molecule has 0 radical (unpaired) electrons. The first-order valence-corrected chi connectivity index (χ1v) is 9.26. The second kappa shape index (κ2) is 7.63. The van der Waals surface area contributed by atoms with Crippen molar-refractivity contribution in [3.63, 3.8) is 0 Å². The lowest BCUT2D eigenvalue weighted by molar-refractivity contribution is -0.0906. The Bertz CT molecular complexity index is 775. The van der Waals surface area contributed by atoms with Gasteiger partial charge in [0.15, 0.2) is 0 Å². The minimum atomic E-state index is -0.626. The number of halogens is 2. The van der Waals surface area contributed by atoms with Gasteiger partial charge in [0.1, 0.15) is 11.4 Å². The van der Waals surface area contributed by atoms with Crippen molar-refractivity contribution in [2.75, 3.05) is 32.8 Å². The van der Waals surface area contributed by atoms with Crippen molar-refractivity contribution >= 4 is 23.4 Å². The summed E-state index contributed by atoms with van der Waals surface area (Å²) in [4.78, 5) is 19.4. The Balaban J connectivity index is 1.67. The molecular weight excluding hydrogens is 373 g/mol. The van der Waals surface area contributed by atoms with Gasteiger partial charge in [-0.1, -0.05) is 17.7 Å². The highest BCUT2D eigenvalue weighted by atomic mass is 35.5. The average molecular weight is 396 g/mol. The lowest BCUT2D eigenvalue weighted by Gasteiger charge is -2.46. The maximum Gasteiger partial charge on any atom is 0.410 e. The summed E-state index contributed by atoms with van der Waals surface area (Å²) in [6.07, 6.45) is -0.643. The highest BCUT2D eigenvalue weighted by molar-refractivity contribution is 6.34. The number of fused-ring (bicyclic) bond motifs is 1. The summed E-state index contributed by atoms with van der Waals surface area (Å²) in [6.45, 7) is 15.4. The van der Waals surface area contributed by atoms with Crippen LogP contribution in [0.25, 0.3) is 4.85 Å². The van der Waals surface area contributed by atoms with Crippen LogP contribution in [0.4, 0.5) is 14.9 Å². The summed E-state index contributed by atoms with van der Waals surface area (Å²) in [7, 11) is 0. The van der Waals surface area contributed by atoms with Crippen molar-refractivity contribution in [3.8, 4) is 0 Å². The molecule has 0 aromatic heterocycles. The van der Waals surface area contributed by atoms with Crippen molar-refractivity contribution in [3.05, 3.63) is 40.0 Å². The number of amides is 1. The van der Waals surface area contributed by atoms with E-state index in [1.54, 1.807) is 11.0 Å². The van der Waals surface area contributed by atoms with E-state index >= 15 is 0 Å². The number of ether oxygens (including phenoxy) is 2. The molecule has 0 bridgehead atoms. The van der Waals surface area contributed by atoms with Crippen LogP contribution < -0.4 is 0 Å². The Kier molecular flexibility index (Phi) is 5.61. The number of hydrogen-bond acceptors (Lipinski definition) is 4. The van der Waals surface area contributed by atoms with Gasteiger partial charge in [-0.25, -0.2) is 14.0 Å². The molecule has 6 nitrogen and oxygen atoms in total. The summed E-state index contributed by atoms with van der Waals surface area (Å²) >= 11 is 6.23. The van der Waals surface area contributed by atoms with E-state index in [-0.39, 0.29) is 28.9 Å². The molecule has 1 aromatic rings. The van der Waals surface area contributed by atoms with E-state index in [0.717, 1.165) is 0 Å². The van der Waals surface area contributed by atoms with Gasteiger partial charge in [0.05, 0.1) is 30.3 Å². The number of carbonyl (C=O) groups excluding carboxylic acids is 1. The zero-order chi connectivity index (χ0) is 19.8. The molecule has 2 saturated heterocycles. The molecule has 27 heavy (non-hydrogen) atoms. The summed E-state index contributed by atoms with van der Waals surface area (Å²) in [5.41, 5.74) is -0.0748. The third-order valence-corrected chi connectivity index (χ3v) is 5.10. The van der Waals surface area contributed by atoms with Crippen LogP contribution in [0.5, 0.6) is 0 Å². The molecule has 8 heteroatoms. The molecule has 2 fully saturated rings. The zero-order valence-corrected chi connectivity index (χ0v) is 16.4. The van der Waals surface area contributed by atoms with Crippen molar-refractivity contribution in [2.45, 2.75) is 38.5 Å². The zero-order valence-electron chi connectivity index (χ0n) is 15.7. The average Bonchev–Trinajstić information content (AvgIpc) is 2.60. The monoisotopic (exact) mass is 395 g/mol. The molecule has 1 unspecified atom stereocenters. The molecule has 1 amide bonds. The second-order valence-corrected chi connectivity index (χ2v) is 8.19. The fourth-order valence-corrected chi connectivity index (χ4v) is 3.69. The third kappa shape index (κ3) is 4.34. The smallest absolute Gasteiger partial charge is 0.410 e. The van der Waals surface area contributed by atoms with Gasteiger partial charge >= 0.3 is 6.09 Å². The number of nitrogens with zero attached hydrogens (tertiary/aromatic N) is 3. The highest BCUT2D eigenvalue weighted by Gasteiger charge is 2.37. The molecule has 0 N–H and O–H groups in total. The fraction of sp³-hybridized carbons (Fsp3) is 0.579. The number of hydrogen-bond donors (Lipinski definition) is 0. The number of benzene rings is 1. The minimum absolute atomic E-state index is 0.0714. The van der Waals surface area contributed by atoms with Gasteiger partial charge in [-0.3, -0.25) is 4.90 Å². The number of piperazine rings is 1. The Morgan fingerprint density at radius 3 is 2.78 bits per heavy atom. The molecule has 2 heterocycles. The molecule has 2 aliphatic heterocycles. The van der Waals surface area contributed by atoms with Crippen LogP contribution in [0.2, 0.25) is 5.02 Å². The van der Waals surface area contributed by atoms with Gasteiger partial charge in [-0.15, -0.1) is 0 Å². The summed E-state index contributed by atoms with van der Waals surface area (Å²) in [5, 5.41) is 0.112. The molecule has 0 aliphatic carbocycles. The summed E-state index contributed by atoms with van der Waals surface area (Å²) in [6, 6.07) is 2.90. The number of carbonyl (C=O) groups is 1. The van der Waals surface area contributed by atoms with E-state index in [1.165, 1.54) is 6.07 Å². The minimum Gasteiger partial charge on any atom is -0.444 e. The van der Waals surface area contributed by atoms with E-state index < -0.39 is 11.4 Å². The molecule has 1 aromatic carbocycles.